The van der Waals surface area contributed by atoms with E-state index in [2.05, 4.69) is 0 Å². The number of carbonyl (C=O) groups excluding carboxylic acids is 1. The van der Waals surface area contributed by atoms with Crippen molar-refractivity contribution in [2.45, 2.75) is 52.2 Å². The molecule has 0 rings (SSSR count). The Morgan fingerprint density at radius 1 is 1.40 bits per heavy atom. The van der Waals surface area contributed by atoms with Crippen LogP contribution in [0.5, 0.6) is 0 Å². The van der Waals surface area contributed by atoms with Crippen molar-refractivity contribution in [3.8, 4) is 0 Å². The molecular weight excluding hydrogens is 194 g/mol. The minimum atomic E-state index is -0.537. The number of hydrogen-bond donors (Lipinski definition) is 1. The number of carbonyl (C=O) groups is 1. The molecule has 0 amide bonds. The molecule has 4 heteroatoms. The van der Waals surface area contributed by atoms with Crippen molar-refractivity contribution in [3.05, 3.63) is 0 Å². The molecule has 1 atom stereocenters. The molecule has 0 aliphatic heterocycles. The molecule has 4 nitrogen and oxygen atoms in total. The third-order valence-electron chi connectivity index (χ3n) is 1.72. The van der Waals surface area contributed by atoms with E-state index in [1.54, 1.807) is 0 Å². The van der Waals surface area contributed by atoms with Crippen LogP contribution in [0, 0.1) is 0 Å². The van der Waals surface area contributed by atoms with Crippen molar-refractivity contribution < 1.29 is 14.3 Å². The Morgan fingerprint density at radius 3 is 2.47 bits per heavy atom. The summed E-state index contributed by atoms with van der Waals surface area (Å²) in [5.74, 6) is -0.334. The molecule has 0 fully saturated rings. The number of esters is 1. The first-order valence-corrected chi connectivity index (χ1v) is 5.43. The molecule has 0 aromatic heterocycles. The maximum absolute atomic E-state index is 11.4. The summed E-state index contributed by atoms with van der Waals surface area (Å²) in [6.07, 6.45) is 1.39. The minimum Gasteiger partial charge on any atom is -0.459 e. The molecule has 0 aliphatic rings. The fourth-order valence-corrected chi connectivity index (χ4v) is 1.04. The molecular formula is C11H23NO3. The van der Waals surface area contributed by atoms with Crippen LogP contribution in [0.15, 0.2) is 0 Å². The largest absolute Gasteiger partial charge is 0.459 e. The van der Waals surface area contributed by atoms with Gasteiger partial charge in [-0.15, -0.1) is 0 Å². The van der Waals surface area contributed by atoms with Crippen molar-refractivity contribution >= 4 is 5.97 Å². The summed E-state index contributed by atoms with van der Waals surface area (Å²) in [6.45, 7) is 8.77. The van der Waals surface area contributed by atoms with E-state index in [0.29, 0.717) is 19.6 Å². The maximum atomic E-state index is 11.4. The first-order valence-electron chi connectivity index (χ1n) is 5.43. The SMILES string of the molecule is CCOCCCC(N)C(=O)OC(C)(C)C. The summed E-state index contributed by atoms with van der Waals surface area (Å²) in [5, 5.41) is 0. The summed E-state index contributed by atoms with van der Waals surface area (Å²) in [4.78, 5) is 11.4. The average molecular weight is 217 g/mol. The number of ether oxygens (including phenoxy) is 2. The normalized spacial score (nSPS) is 13.7. The Morgan fingerprint density at radius 2 is 2.00 bits per heavy atom. The lowest BCUT2D eigenvalue weighted by Crippen LogP contribution is -2.37. The maximum Gasteiger partial charge on any atom is 0.323 e. The molecule has 0 saturated carbocycles. The minimum absolute atomic E-state index is 0.334. The van der Waals surface area contributed by atoms with Gasteiger partial charge in [0.1, 0.15) is 11.6 Å². The first kappa shape index (κ1) is 14.4. The van der Waals surface area contributed by atoms with Gasteiger partial charge in [-0.3, -0.25) is 4.79 Å². The molecule has 0 spiro atoms. The third kappa shape index (κ3) is 8.39. The van der Waals surface area contributed by atoms with Crippen LogP contribution < -0.4 is 5.73 Å². The van der Waals surface area contributed by atoms with E-state index in [1.807, 2.05) is 27.7 Å². The van der Waals surface area contributed by atoms with Gasteiger partial charge < -0.3 is 15.2 Å². The highest BCUT2D eigenvalue weighted by Crippen LogP contribution is 2.09. The van der Waals surface area contributed by atoms with Gasteiger partial charge in [0.15, 0.2) is 0 Å². The van der Waals surface area contributed by atoms with E-state index in [9.17, 15) is 4.79 Å². The third-order valence-corrected chi connectivity index (χ3v) is 1.72. The summed E-state index contributed by atoms with van der Waals surface area (Å²) in [6, 6.07) is -0.537. The molecule has 15 heavy (non-hydrogen) atoms. The monoisotopic (exact) mass is 217 g/mol. The van der Waals surface area contributed by atoms with Crippen molar-refractivity contribution in [2.24, 2.45) is 5.73 Å². The van der Waals surface area contributed by atoms with Crippen LogP contribution in [-0.2, 0) is 14.3 Å². The second kappa shape index (κ2) is 6.80. The van der Waals surface area contributed by atoms with E-state index >= 15 is 0 Å². The van der Waals surface area contributed by atoms with Gasteiger partial charge in [0.2, 0.25) is 0 Å². The molecule has 0 bridgehead atoms. The van der Waals surface area contributed by atoms with Crippen molar-refractivity contribution in [1.82, 2.24) is 0 Å². The van der Waals surface area contributed by atoms with Gasteiger partial charge in [0.25, 0.3) is 0 Å². The van der Waals surface area contributed by atoms with Crippen molar-refractivity contribution in [3.63, 3.8) is 0 Å². The van der Waals surface area contributed by atoms with Crippen LogP contribution in [0.25, 0.3) is 0 Å². The molecule has 0 radical (unpaired) electrons. The molecule has 2 N–H and O–H groups in total. The Kier molecular flexibility index (Phi) is 6.52. The van der Waals surface area contributed by atoms with E-state index < -0.39 is 11.6 Å². The topological polar surface area (TPSA) is 61.5 Å². The number of rotatable bonds is 6. The van der Waals surface area contributed by atoms with Gasteiger partial charge in [-0.25, -0.2) is 0 Å². The summed E-state index contributed by atoms with van der Waals surface area (Å²) in [7, 11) is 0. The van der Waals surface area contributed by atoms with Crippen molar-refractivity contribution in [1.29, 1.82) is 0 Å². The highest BCUT2D eigenvalue weighted by Gasteiger charge is 2.21. The molecule has 0 aromatic rings. The Hall–Kier alpha value is -0.610. The summed E-state index contributed by atoms with van der Waals surface area (Å²) in [5.41, 5.74) is 5.21. The highest BCUT2D eigenvalue weighted by atomic mass is 16.6. The molecule has 0 heterocycles. The molecule has 0 aliphatic carbocycles. The number of nitrogens with two attached hydrogens (primary N) is 1. The Balaban J connectivity index is 3.70. The first-order chi connectivity index (χ1) is 6.87. The standard InChI is InChI=1S/C11H23NO3/c1-5-14-8-6-7-9(12)10(13)15-11(2,3)4/h9H,5-8,12H2,1-4H3. The molecule has 90 valence electrons. The zero-order chi connectivity index (χ0) is 11.9. The van der Waals surface area contributed by atoms with Gasteiger partial charge in [-0.05, 0) is 40.5 Å². The van der Waals surface area contributed by atoms with Gasteiger partial charge in [0.05, 0.1) is 0 Å². The Bertz CT molecular complexity index is 187. The summed E-state index contributed by atoms with van der Waals surface area (Å²) >= 11 is 0. The zero-order valence-corrected chi connectivity index (χ0v) is 10.2. The number of hydrogen-bond acceptors (Lipinski definition) is 4. The van der Waals surface area contributed by atoms with Crippen LogP contribution in [-0.4, -0.2) is 30.8 Å². The van der Waals surface area contributed by atoms with E-state index in [-0.39, 0.29) is 5.97 Å². The second-order valence-electron chi connectivity index (χ2n) is 4.48. The molecule has 0 saturated heterocycles. The van der Waals surface area contributed by atoms with E-state index in [1.165, 1.54) is 0 Å². The summed E-state index contributed by atoms with van der Waals surface area (Å²) < 4.78 is 10.3. The van der Waals surface area contributed by atoms with Crippen LogP contribution in [0.3, 0.4) is 0 Å². The van der Waals surface area contributed by atoms with Crippen LogP contribution in [0.1, 0.15) is 40.5 Å². The van der Waals surface area contributed by atoms with E-state index in [4.69, 9.17) is 15.2 Å². The van der Waals surface area contributed by atoms with Crippen LogP contribution in [0.2, 0.25) is 0 Å². The second-order valence-corrected chi connectivity index (χ2v) is 4.48. The van der Waals surface area contributed by atoms with Gasteiger partial charge >= 0.3 is 5.97 Å². The molecule has 0 aromatic carbocycles. The lowest BCUT2D eigenvalue weighted by molar-refractivity contribution is -0.156. The Labute approximate surface area is 92.1 Å². The van der Waals surface area contributed by atoms with E-state index in [0.717, 1.165) is 6.42 Å². The van der Waals surface area contributed by atoms with Gasteiger partial charge in [0, 0.05) is 13.2 Å². The fraction of sp³-hybridized carbons (Fsp3) is 0.909. The average Bonchev–Trinajstić information content (AvgIpc) is 2.09. The van der Waals surface area contributed by atoms with Crippen LogP contribution in [0.4, 0.5) is 0 Å². The quantitative estimate of drug-likeness (QED) is 0.540. The smallest absolute Gasteiger partial charge is 0.323 e. The lowest BCUT2D eigenvalue weighted by Gasteiger charge is -2.22. The highest BCUT2D eigenvalue weighted by molar-refractivity contribution is 5.75. The zero-order valence-electron chi connectivity index (χ0n) is 10.2. The molecule has 1 unspecified atom stereocenters. The van der Waals surface area contributed by atoms with Crippen molar-refractivity contribution in [2.75, 3.05) is 13.2 Å². The van der Waals surface area contributed by atoms with Gasteiger partial charge in [-0.2, -0.15) is 0 Å². The van der Waals surface area contributed by atoms with Gasteiger partial charge in [-0.1, -0.05) is 0 Å². The lowest BCUT2D eigenvalue weighted by atomic mass is 10.1. The van der Waals surface area contributed by atoms with Crippen LogP contribution >= 0.6 is 0 Å². The fourth-order valence-electron chi connectivity index (χ4n) is 1.04. The predicted molar refractivity (Wildman–Crippen MR) is 59.5 cm³/mol. The predicted octanol–water partition coefficient (Wildman–Crippen LogP) is 1.47.